The molecule has 0 radical (unpaired) electrons. The van der Waals surface area contributed by atoms with Crippen molar-refractivity contribution in [3.05, 3.63) is 29.3 Å². The summed E-state index contributed by atoms with van der Waals surface area (Å²) in [4.78, 5) is 4.89. The first-order valence-corrected chi connectivity index (χ1v) is 6.94. The van der Waals surface area contributed by atoms with Gasteiger partial charge in [-0.15, -0.1) is 0 Å². The third-order valence-corrected chi connectivity index (χ3v) is 3.82. The third kappa shape index (κ3) is 3.24. The van der Waals surface area contributed by atoms with Crippen molar-refractivity contribution in [2.24, 2.45) is 5.73 Å². The van der Waals surface area contributed by atoms with Crippen molar-refractivity contribution in [3.63, 3.8) is 0 Å². The van der Waals surface area contributed by atoms with Crippen LogP contribution in [-0.4, -0.2) is 38.1 Å². The molecule has 2 rings (SSSR count). The third-order valence-electron chi connectivity index (χ3n) is 3.82. The molecule has 1 aliphatic heterocycles. The summed E-state index contributed by atoms with van der Waals surface area (Å²) in [6.07, 6.45) is 2.73. The van der Waals surface area contributed by atoms with Gasteiger partial charge >= 0.3 is 0 Å². The van der Waals surface area contributed by atoms with Crippen molar-refractivity contribution < 1.29 is 0 Å². The van der Waals surface area contributed by atoms with E-state index in [-0.39, 0.29) is 0 Å². The van der Waals surface area contributed by atoms with Crippen LogP contribution in [0.3, 0.4) is 0 Å². The van der Waals surface area contributed by atoms with Crippen LogP contribution in [0.1, 0.15) is 24.0 Å². The van der Waals surface area contributed by atoms with Crippen molar-refractivity contribution in [2.45, 2.75) is 26.3 Å². The molecule has 0 atom stereocenters. The maximum Gasteiger partial charge on any atom is 0.0412 e. The number of hydrogen-bond acceptors (Lipinski definition) is 3. The highest BCUT2D eigenvalue weighted by Gasteiger charge is 2.13. The predicted molar refractivity (Wildman–Crippen MR) is 78.0 cm³/mol. The smallest absolute Gasteiger partial charge is 0.0412 e. The summed E-state index contributed by atoms with van der Waals surface area (Å²) >= 11 is 0. The van der Waals surface area contributed by atoms with Gasteiger partial charge in [0.1, 0.15) is 0 Å². The first-order valence-electron chi connectivity index (χ1n) is 6.94. The van der Waals surface area contributed by atoms with E-state index in [9.17, 15) is 0 Å². The summed E-state index contributed by atoms with van der Waals surface area (Å²) in [6, 6.07) is 6.53. The van der Waals surface area contributed by atoms with E-state index >= 15 is 0 Å². The Balaban J connectivity index is 1.98. The molecule has 0 bridgehead atoms. The molecule has 1 heterocycles. The van der Waals surface area contributed by atoms with E-state index in [2.05, 4.69) is 42.0 Å². The molecule has 0 saturated carbocycles. The molecule has 0 aliphatic carbocycles. The number of aryl methyl sites for hydroxylation is 1. The Labute approximate surface area is 111 Å². The Bertz CT molecular complexity index is 383. The molecule has 0 aromatic heterocycles. The van der Waals surface area contributed by atoms with Crippen LogP contribution in [0.4, 0.5) is 5.69 Å². The van der Waals surface area contributed by atoms with Crippen molar-refractivity contribution in [2.75, 3.05) is 38.1 Å². The highest BCUT2D eigenvalue weighted by Crippen LogP contribution is 2.21. The second-order valence-corrected chi connectivity index (χ2v) is 5.31. The number of nitrogens with zero attached hydrogens (tertiary/aromatic N) is 2. The average molecular weight is 247 g/mol. The summed E-state index contributed by atoms with van der Waals surface area (Å²) in [6.45, 7) is 7.53. The molecule has 3 nitrogen and oxygen atoms in total. The number of likely N-dealkylation sites (N-methyl/N-ethyl adjacent to an activating group) is 1. The maximum atomic E-state index is 5.82. The van der Waals surface area contributed by atoms with Gasteiger partial charge in [0, 0.05) is 32.4 Å². The Kier molecular flexibility index (Phi) is 4.61. The molecule has 100 valence electrons. The number of benzene rings is 1. The van der Waals surface area contributed by atoms with Gasteiger partial charge in [-0.05, 0) is 50.0 Å². The molecule has 1 saturated heterocycles. The number of hydrogen-bond donors (Lipinski definition) is 1. The zero-order valence-corrected chi connectivity index (χ0v) is 11.7. The fourth-order valence-corrected chi connectivity index (χ4v) is 2.62. The topological polar surface area (TPSA) is 32.5 Å². The molecule has 0 unspecified atom stereocenters. The minimum absolute atomic E-state index is 0.615. The predicted octanol–water partition coefficient (Wildman–Crippen LogP) is 1.99. The Morgan fingerprint density at radius 3 is 2.67 bits per heavy atom. The molecular weight excluding hydrogens is 222 g/mol. The summed E-state index contributed by atoms with van der Waals surface area (Å²) in [5, 5.41) is 0. The van der Waals surface area contributed by atoms with Gasteiger partial charge in [-0.3, -0.25) is 0 Å². The van der Waals surface area contributed by atoms with Crippen LogP contribution in [0.25, 0.3) is 0 Å². The van der Waals surface area contributed by atoms with E-state index in [0.717, 1.165) is 13.1 Å². The molecule has 2 N–H and O–H groups in total. The van der Waals surface area contributed by atoms with E-state index in [1.54, 1.807) is 0 Å². The van der Waals surface area contributed by atoms with Gasteiger partial charge in [0.15, 0.2) is 0 Å². The van der Waals surface area contributed by atoms with Crippen LogP contribution in [0.2, 0.25) is 0 Å². The minimum Gasteiger partial charge on any atom is -0.373 e. The summed E-state index contributed by atoms with van der Waals surface area (Å²) in [5.41, 5.74) is 9.65. The maximum absolute atomic E-state index is 5.82. The lowest BCUT2D eigenvalue weighted by Gasteiger charge is -2.25. The molecule has 1 aromatic carbocycles. The number of nitrogens with two attached hydrogens (primary N) is 1. The fraction of sp³-hybridized carbons (Fsp3) is 0.600. The summed E-state index contributed by atoms with van der Waals surface area (Å²) < 4.78 is 0. The lowest BCUT2D eigenvalue weighted by atomic mass is 10.1. The largest absolute Gasteiger partial charge is 0.373 e. The van der Waals surface area contributed by atoms with Crippen LogP contribution in [0, 0.1) is 6.92 Å². The van der Waals surface area contributed by atoms with Gasteiger partial charge in [-0.1, -0.05) is 12.1 Å². The molecule has 1 aromatic rings. The zero-order chi connectivity index (χ0) is 13.0. The van der Waals surface area contributed by atoms with Crippen LogP contribution in [0.15, 0.2) is 18.2 Å². The Morgan fingerprint density at radius 1 is 1.28 bits per heavy atom. The van der Waals surface area contributed by atoms with E-state index in [4.69, 9.17) is 5.73 Å². The standard InChI is InChI=1S/C15H25N3/c1-13-5-6-14(12-16)15(11-13)17(2)9-10-18-7-3-4-8-18/h5-6,11H,3-4,7-10,12,16H2,1-2H3. The number of anilines is 1. The van der Waals surface area contributed by atoms with E-state index in [1.807, 2.05) is 0 Å². The summed E-state index contributed by atoms with van der Waals surface area (Å²) in [5.74, 6) is 0. The van der Waals surface area contributed by atoms with Gasteiger partial charge < -0.3 is 15.5 Å². The highest BCUT2D eigenvalue weighted by molar-refractivity contribution is 5.55. The second-order valence-electron chi connectivity index (χ2n) is 5.31. The Hall–Kier alpha value is -1.06. The van der Waals surface area contributed by atoms with Gasteiger partial charge in [-0.2, -0.15) is 0 Å². The number of rotatable bonds is 5. The summed E-state index contributed by atoms with van der Waals surface area (Å²) in [7, 11) is 2.17. The lowest BCUT2D eigenvalue weighted by molar-refractivity contribution is 0.346. The average Bonchev–Trinajstić information content (AvgIpc) is 2.89. The normalized spacial score (nSPS) is 16.2. The van der Waals surface area contributed by atoms with Crippen molar-refractivity contribution in [1.82, 2.24) is 4.90 Å². The van der Waals surface area contributed by atoms with E-state index < -0.39 is 0 Å². The van der Waals surface area contributed by atoms with Crippen LogP contribution < -0.4 is 10.6 Å². The molecule has 1 aliphatic rings. The van der Waals surface area contributed by atoms with Crippen molar-refractivity contribution >= 4 is 5.69 Å². The molecule has 0 spiro atoms. The van der Waals surface area contributed by atoms with E-state index in [1.165, 1.54) is 42.7 Å². The van der Waals surface area contributed by atoms with Crippen molar-refractivity contribution in [1.29, 1.82) is 0 Å². The van der Waals surface area contributed by atoms with Crippen molar-refractivity contribution in [3.8, 4) is 0 Å². The quantitative estimate of drug-likeness (QED) is 0.863. The van der Waals surface area contributed by atoms with E-state index in [0.29, 0.717) is 6.54 Å². The monoisotopic (exact) mass is 247 g/mol. The van der Waals surface area contributed by atoms with Gasteiger partial charge in [-0.25, -0.2) is 0 Å². The first kappa shape index (κ1) is 13.4. The van der Waals surface area contributed by atoms with Crippen LogP contribution >= 0.6 is 0 Å². The van der Waals surface area contributed by atoms with Crippen LogP contribution in [-0.2, 0) is 6.54 Å². The SMILES string of the molecule is Cc1ccc(CN)c(N(C)CCN2CCCC2)c1. The Morgan fingerprint density at radius 2 is 2.00 bits per heavy atom. The fourth-order valence-electron chi connectivity index (χ4n) is 2.62. The second kappa shape index (κ2) is 6.21. The highest BCUT2D eigenvalue weighted by atomic mass is 15.2. The van der Waals surface area contributed by atoms with Gasteiger partial charge in [0.05, 0.1) is 0 Å². The minimum atomic E-state index is 0.615. The zero-order valence-electron chi connectivity index (χ0n) is 11.7. The van der Waals surface area contributed by atoms with Crippen LogP contribution in [0.5, 0.6) is 0 Å². The van der Waals surface area contributed by atoms with Gasteiger partial charge in [0.2, 0.25) is 0 Å². The first-order chi connectivity index (χ1) is 8.70. The molecule has 18 heavy (non-hydrogen) atoms. The molecule has 1 fully saturated rings. The molecule has 3 heteroatoms. The number of likely N-dealkylation sites (tertiary alicyclic amines) is 1. The molecular formula is C15H25N3. The molecule has 0 amide bonds. The lowest BCUT2D eigenvalue weighted by Crippen LogP contribution is -2.32. The van der Waals surface area contributed by atoms with Gasteiger partial charge in [0.25, 0.3) is 0 Å².